The molecule has 2 aromatic carbocycles. The Morgan fingerprint density at radius 1 is 1.08 bits per heavy atom. The molecule has 0 saturated carbocycles. The van der Waals surface area contributed by atoms with Crippen LogP contribution in [-0.2, 0) is 0 Å². The molecule has 5 nitrogen and oxygen atoms in total. The zero-order valence-electron chi connectivity index (χ0n) is 14.0. The first-order valence-electron chi connectivity index (χ1n) is 7.74. The number of hydrogen-bond donors (Lipinski definition) is 0. The summed E-state index contributed by atoms with van der Waals surface area (Å²) in [5.41, 5.74) is 2.35. The first-order valence-corrected chi connectivity index (χ1v) is 7.74. The van der Waals surface area contributed by atoms with Gasteiger partial charge in [0, 0.05) is 29.2 Å². The number of para-hydroxylation sites is 1. The Kier molecular flexibility index (Phi) is 4.95. The normalized spacial score (nSPS) is 10.8. The van der Waals surface area contributed by atoms with Gasteiger partial charge in [-0.25, -0.2) is 4.98 Å². The highest BCUT2D eigenvalue weighted by Gasteiger charge is 2.08. The lowest BCUT2D eigenvalue weighted by molar-refractivity contribution is 0.104. The summed E-state index contributed by atoms with van der Waals surface area (Å²) in [6.07, 6.45) is 8.54. The van der Waals surface area contributed by atoms with Crippen LogP contribution in [0.2, 0.25) is 0 Å². The molecular formula is C20H18N2O3. The molecule has 0 saturated heterocycles. The number of rotatable bonds is 6. The van der Waals surface area contributed by atoms with Crippen molar-refractivity contribution in [3.8, 4) is 17.2 Å². The standard InChI is InChI=1S/C20H18N2O3/c1-24-19-5-3-4-16(20(19)25-2)8-11-18(23)15-6-9-17(10-7-15)22-13-12-21-14-22/h3-14H,1-2H3/b11-8+. The van der Waals surface area contributed by atoms with Crippen molar-refractivity contribution in [2.75, 3.05) is 14.2 Å². The summed E-state index contributed by atoms with van der Waals surface area (Å²) in [6, 6.07) is 12.9. The number of carbonyl (C=O) groups is 1. The van der Waals surface area contributed by atoms with E-state index in [1.54, 1.807) is 45.0 Å². The average molecular weight is 334 g/mol. The van der Waals surface area contributed by atoms with Gasteiger partial charge in [0.05, 0.1) is 20.5 Å². The van der Waals surface area contributed by atoms with E-state index in [9.17, 15) is 4.79 Å². The fourth-order valence-electron chi connectivity index (χ4n) is 2.51. The van der Waals surface area contributed by atoms with E-state index in [1.807, 2.05) is 41.1 Å². The van der Waals surface area contributed by atoms with Crippen molar-refractivity contribution in [1.29, 1.82) is 0 Å². The number of carbonyl (C=O) groups excluding carboxylic acids is 1. The van der Waals surface area contributed by atoms with Crippen molar-refractivity contribution in [2.45, 2.75) is 0 Å². The summed E-state index contributed by atoms with van der Waals surface area (Å²) < 4.78 is 12.5. The number of ether oxygens (including phenoxy) is 2. The van der Waals surface area contributed by atoms with Crippen molar-refractivity contribution in [3.63, 3.8) is 0 Å². The van der Waals surface area contributed by atoms with Crippen LogP contribution in [0.1, 0.15) is 15.9 Å². The van der Waals surface area contributed by atoms with Gasteiger partial charge in [0.25, 0.3) is 0 Å². The van der Waals surface area contributed by atoms with Crippen LogP contribution in [0.4, 0.5) is 0 Å². The average Bonchev–Trinajstić information content (AvgIpc) is 3.20. The van der Waals surface area contributed by atoms with E-state index in [1.165, 1.54) is 6.08 Å². The third-order valence-electron chi connectivity index (χ3n) is 3.80. The van der Waals surface area contributed by atoms with Gasteiger partial charge in [-0.3, -0.25) is 4.79 Å². The van der Waals surface area contributed by atoms with E-state index >= 15 is 0 Å². The van der Waals surface area contributed by atoms with Crippen molar-refractivity contribution >= 4 is 11.9 Å². The fraction of sp³-hybridized carbons (Fsp3) is 0.100. The van der Waals surface area contributed by atoms with E-state index in [2.05, 4.69) is 4.98 Å². The first kappa shape index (κ1) is 16.5. The van der Waals surface area contributed by atoms with Gasteiger partial charge in [0.2, 0.25) is 0 Å². The molecule has 0 aliphatic carbocycles. The van der Waals surface area contributed by atoms with Crippen LogP contribution in [0.3, 0.4) is 0 Å². The van der Waals surface area contributed by atoms with Gasteiger partial charge in [-0.15, -0.1) is 0 Å². The Bertz CT molecular complexity index is 882. The van der Waals surface area contributed by atoms with Crippen molar-refractivity contribution < 1.29 is 14.3 Å². The van der Waals surface area contributed by atoms with Gasteiger partial charge in [-0.2, -0.15) is 0 Å². The minimum absolute atomic E-state index is 0.0814. The smallest absolute Gasteiger partial charge is 0.185 e. The molecule has 0 aliphatic heterocycles. The molecule has 0 spiro atoms. The fourth-order valence-corrected chi connectivity index (χ4v) is 2.51. The predicted octanol–water partition coefficient (Wildman–Crippen LogP) is 3.79. The summed E-state index contributed by atoms with van der Waals surface area (Å²) in [4.78, 5) is 16.4. The molecule has 3 rings (SSSR count). The lowest BCUT2D eigenvalue weighted by Crippen LogP contribution is -1.97. The SMILES string of the molecule is COc1cccc(/C=C/C(=O)c2ccc(-n3ccnc3)cc2)c1OC. The highest BCUT2D eigenvalue weighted by molar-refractivity contribution is 6.07. The molecule has 3 aromatic rings. The predicted molar refractivity (Wildman–Crippen MR) is 96.5 cm³/mol. The molecule has 126 valence electrons. The van der Waals surface area contributed by atoms with E-state index in [0.29, 0.717) is 17.1 Å². The lowest BCUT2D eigenvalue weighted by Gasteiger charge is -2.09. The van der Waals surface area contributed by atoms with Crippen molar-refractivity contribution in [1.82, 2.24) is 9.55 Å². The molecule has 0 unspecified atom stereocenters. The van der Waals surface area contributed by atoms with Crippen molar-refractivity contribution in [3.05, 3.63) is 78.4 Å². The van der Waals surface area contributed by atoms with E-state index in [-0.39, 0.29) is 5.78 Å². The topological polar surface area (TPSA) is 53.4 Å². The third-order valence-corrected chi connectivity index (χ3v) is 3.80. The minimum atomic E-state index is -0.0814. The van der Waals surface area contributed by atoms with Crippen LogP contribution in [0.5, 0.6) is 11.5 Å². The van der Waals surface area contributed by atoms with E-state index in [0.717, 1.165) is 11.3 Å². The maximum atomic E-state index is 12.4. The quantitative estimate of drug-likeness (QED) is 0.508. The second-order valence-corrected chi connectivity index (χ2v) is 5.30. The van der Waals surface area contributed by atoms with Crippen LogP contribution in [0, 0.1) is 0 Å². The largest absolute Gasteiger partial charge is 0.493 e. The summed E-state index contributed by atoms with van der Waals surface area (Å²) in [7, 11) is 3.16. The van der Waals surface area contributed by atoms with Gasteiger partial charge in [0.15, 0.2) is 17.3 Å². The zero-order valence-corrected chi connectivity index (χ0v) is 14.0. The van der Waals surface area contributed by atoms with Crippen LogP contribution < -0.4 is 9.47 Å². The van der Waals surface area contributed by atoms with Crippen LogP contribution in [0.15, 0.2) is 67.3 Å². The Hall–Kier alpha value is -3.34. The van der Waals surface area contributed by atoms with Gasteiger partial charge >= 0.3 is 0 Å². The molecule has 1 aromatic heterocycles. The molecule has 1 heterocycles. The minimum Gasteiger partial charge on any atom is -0.493 e. The van der Waals surface area contributed by atoms with Gasteiger partial charge in [-0.1, -0.05) is 12.1 Å². The number of allylic oxidation sites excluding steroid dienone is 1. The Morgan fingerprint density at radius 3 is 2.52 bits per heavy atom. The molecular weight excluding hydrogens is 316 g/mol. The molecule has 0 radical (unpaired) electrons. The van der Waals surface area contributed by atoms with Crippen LogP contribution in [0.25, 0.3) is 11.8 Å². The third kappa shape index (κ3) is 3.61. The molecule has 5 heteroatoms. The number of ketones is 1. The van der Waals surface area contributed by atoms with Crippen LogP contribution in [-0.4, -0.2) is 29.6 Å². The van der Waals surface area contributed by atoms with E-state index < -0.39 is 0 Å². The Labute approximate surface area is 146 Å². The molecule has 0 aliphatic rings. The summed E-state index contributed by atoms with van der Waals surface area (Å²) >= 11 is 0. The first-order chi connectivity index (χ1) is 12.2. The second-order valence-electron chi connectivity index (χ2n) is 5.30. The number of hydrogen-bond acceptors (Lipinski definition) is 4. The Balaban J connectivity index is 1.79. The van der Waals surface area contributed by atoms with Crippen molar-refractivity contribution in [2.24, 2.45) is 0 Å². The summed E-state index contributed by atoms with van der Waals surface area (Å²) in [5.74, 6) is 1.15. The highest BCUT2D eigenvalue weighted by atomic mass is 16.5. The maximum absolute atomic E-state index is 12.4. The van der Waals surface area contributed by atoms with Gasteiger partial charge in [-0.05, 0) is 42.5 Å². The maximum Gasteiger partial charge on any atom is 0.185 e. The molecule has 0 amide bonds. The molecule has 0 N–H and O–H groups in total. The summed E-state index contributed by atoms with van der Waals surface area (Å²) in [6.45, 7) is 0. The molecule has 0 fully saturated rings. The number of imidazole rings is 1. The summed E-state index contributed by atoms with van der Waals surface area (Å²) in [5, 5.41) is 0. The van der Waals surface area contributed by atoms with Crippen LogP contribution >= 0.6 is 0 Å². The zero-order chi connectivity index (χ0) is 17.6. The molecule has 0 atom stereocenters. The molecule has 0 bridgehead atoms. The monoisotopic (exact) mass is 334 g/mol. The second kappa shape index (κ2) is 7.49. The lowest BCUT2D eigenvalue weighted by atomic mass is 10.1. The van der Waals surface area contributed by atoms with Gasteiger partial charge < -0.3 is 14.0 Å². The Morgan fingerprint density at radius 2 is 1.88 bits per heavy atom. The molecule has 25 heavy (non-hydrogen) atoms. The number of aromatic nitrogens is 2. The number of nitrogens with zero attached hydrogens (tertiary/aromatic N) is 2. The number of benzene rings is 2. The van der Waals surface area contributed by atoms with E-state index in [4.69, 9.17) is 9.47 Å². The number of methoxy groups -OCH3 is 2. The highest BCUT2D eigenvalue weighted by Crippen LogP contribution is 2.31. The van der Waals surface area contributed by atoms with Gasteiger partial charge in [0.1, 0.15) is 0 Å².